The summed E-state index contributed by atoms with van der Waals surface area (Å²) in [6.07, 6.45) is 1.96. The van der Waals surface area contributed by atoms with Gasteiger partial charge in [0.25, 0.3) is 5.91 Å². The Labute approximate surface area is 150 Å². The Bertz CT molecular complexity index is 745. The van der Waals surface area contributed by atoms with Crippen molar-refractivity contribution in [3.8, 4) is 0 Å². The van der Waals surface area contributed by atoms with Crippen molar-refractivity contribution in [2.75, 3.05) is 0 Å². The lowest BCUT2D eigenvalue weighted by Gasteiger charge is -2.17. The average molecular weight is 363 g/mol. The van der Waals surface area contributed by atoms with Gasteiger partial charge in [-0.05, 0) is 31.4 Å². The molecule has 0 bridgehead atoms. The van der Waals surface area contributed by atoms with Crippen LogP contribution in [0.15, 0.2) is 33.9 Å². The summed E-state index contributed by atoms with van der Waals surface area (Å²) < 4.78 is 5.02. The highest BCUT2D eigenvalue weighted by Gasteiger charge is 2.23. The second-order valence-electron chi connectivity index (χ2n) is 6.07. The van der Waals surface area contributed by atoms with Crippen LogP contribution < -0.4 is 5.32 Å². The van der Waals surface area contributed by atoms with Gasteiger partial charge >= 0.3 is 5.97 Å². The molecule has 0 unspecified atom stereocenters. The third kappa shape index (κ3) is 5.60. The number of pyridine rings is 1. The quantitative estimate of drug-likeness (QED) is 0.695. The Morgan fingerprint density at radius 2 is 2.16 bits per heavy atom. The smallest absolute Gasteiger partial charge is 0.326 e. The molecule has 7 nitrogen and oxygen atoms in total. The van der Waals surface area contributed by atoms with Crippen LogP contribution in [-0.4, -0.2) is 33.2 Å². The topological polar surface area (TPSA) is 105 Å². The lowest BCUT2D eigenvalue weighted by Crippen LogP contribution is -2.41. The monoisotopic (exact) mass is 363 g/mol. The minimum Gasteiger partial charge on any atom is -0.480 e. The zero-order chi connectivity index (χ0) is 18.4. The van der Waals surface area contributed by atoms with Crippen LogP contribution in [0.4, 0.5) is 0 Å². The molecule has 25 heavy (non-hydrogen) atoms. The fourth-order valence-electron chi connectivity index (χ4n) is 2.24. The van der Waals surface area contributed by atoms with Crippen LogP contribution in [0.5, 0.6) is 0 Å². The molecule has 2 rings (SSSR count). The first kappa shape index (κ1) is 19.0. The Hall–Kier alpha value is -2.35. The molecule has 0 radical (unpaired) electrons. The SMILES string of the molecule is Cc1cc(CSc2ncccc2C(=O)N[C@H](CC(C)C)C(=O)O)no1. The molecule has 0 aliphatic heterocycles. The number of carboxylic acid groups (broad SMARTS) is 1. The van der Waals surface area contributed by atoms with Crippen molar-refractivity contribution in [2.45, 2.75) is 44.0 Å². The van der Waals surface area contributed by atoms with E-state index in [0.29, 0.717) is 28.5 Å². The molecule has 0 fully saturated rings. The van der Waals surface area contributed by atoms with Crippen LogP contribution in [0, 0.1) is 12.8 Å². The number of aromatic nitrogens is 2. The van der Waals surface area contributed by atoms with Crippen LogP contribution in [0.1, 0.15) is 42.1 Å². The fourth-order valence-corrected chi connectivity index (χ4v) is 3.11. The van der Waals surface area contributed by atoms with Gasteiger partial charge in [-0.3, -0.25) is 4.79 Å². The zero-order valence-corrected chi connectivity index (χ0v) is 15.2. The van der Waals surface area contributed by atoms with E-state index in [0.717, 1.165) is 5.69 Å². The first-order chi connectivity index (χ1) is 11.9. The van der Waals surface area contributed by atoms with Crippen molar-refractivity contribution in [3.63, 3.8) is 0 Å². The van der Waals surface area contributed by atoms with E-state index in [-0.39, 0.29) is 5.92 Å². The number of thioether (sulfide) groups is 1. The summed E-state index contributed by atoms with van der Waals surface area (Å²) in [5, 5.41) is 16.3. The van der Waals surface area contributed by atoms with Gasteiger partial charge in [0.2, 0.25) is 0 Å². The molecule has 0 saturated carbocycles. The number of carbonyl (C=O) groups is 2. The predicted molar refractivity (Wildman–Crippen MR) is 93.4 cm³/mol. The number of nitrogens with zero attached hydrogens (tertiary/aromatic N) is 2. The lowest BCUT2D eigenvalue weighted by molar-refractivity contribution is -0.139. The van der Waals surface area contributed by atoms with Crippen LogP contribution >= 0.6 is 11.8 Å². The van der Waals surface area contributed by atoms with Gasteiger partial charge < -0.3 is 14.9 Å². The van der Waals surface area contributed by atoms with Crippen LogP contribution in [0.25, 0.3) is 0 Å². The molecule has 2 N–H and O–H groups in total. The van der Waals surface area contributed by atoms with Crippen LogP contribution in [-0.2, 0) is 10.5 Å². The third-order valence-corrected chi connectivity index (χ3v) is 4.40. The molecule has 2 aromatic heterocycles. The van der Waals surface area contributed by atoms with Crippen molar-refractivity contribution in [3.05, 3.63) is 41.4 Å². The first-order valence-electron chi connectivity index (χ1n) is 7.90. The number of rotatable bonds is 8. The van der Waals surface area contributed by atoms with E-state index in [1.807, 2.05) is 26.8 Å². The Balaban J connectivity index is 2.09. The van der Waals surface area contributed by atoms with Gasteiger partial charge in [0.1, 0.15) is 16.8 Å². The van der Waals surface area contributed by atoms with Crippen molar-refractivity contribution >= 4 is 23.6 Å². The Morgan fingerprint density at radius 1 is 1.40 bits per heavy atom. The molecule has 2 aromatic rings. The molecule has 0 spiro atoms. The number of amides is 1. The van der Waals surface area contributed by atoms with Crippen LogP contribution in [0.3, 0.4) is 0 Å². The van der Waals surface area contributed by atoms with Gasteiger partial charge in [-0.15, -0.1) is 0 Å². The van der Waals surface area contributed by atoms with Crippen molar-refractivity contribution in [1.29, 1.82) is 0 Å². The maximum Gasteiger partial charge on any atom is 0.326 e. The van der Waals surface area contributed by atoms with Crippen molar-refractivity contribution in [1.82, 2.24) is 15.5 Å². The molecule has 2 heterocycles. The first-order valence-corrected chi connectivity index (χ1v) is 8.89. The third-order valence-electron chi connectivity index (χ3n) is 3.36. The Kier molecular flexibility index (Phi) is 6.58. The molecule has 134 valence electrons. The number of carboxylic acids is 1. The van der Waals surface area contributed by atoms with E-state index in [9.17, 15) is 14.7 Å². The normalized spacial score (nSPS) is 12.2. The largest absolute Gasteiger partial charge is 0.480 e. The lowest BCUT2D eigenvalue weighted by atomic mass is 10.0. The number of nitrogens with one attached hydrogen (secondary N) is 1. The summed E-state index contributed by atoms with van der Waals surface area (Å²) in [7, 11) is 0. The molecule has 0 aliphatic carbocycles. The number of hydrogen-bond acceptors (Lipinski definition) is 6. The van der Waals surface area contributed by atoms with E-state index < -0.39 is 17.9 Å². The van der Waals surface area contributed by atoms with Crippen LogP contribution in [0.2, 0.25) is 0 Å². The van der Waals surface area contributed by atoms with E-state index >= 15 is 0 Å². The number of aliphatic carboxylic acids is 1. The van der Waals surface area contributed by atoms with Gasteiger partial charge in [0.15, 0.2) is 0 Å². The molecule has 0 aliphatic rings. The van der Waals surface area contributed by atoms with Gasteiger partial charge in [-0.1, -0.05) is 30.8 Å². The standard InChI is InChI=1S/C17H21N3O4S/c1-10(2)7-14(17(22)23)19-15(21)13-5-4-6-18-16(13)25-9-12-8-11(3)24-20-12/h4-6,8,10,14H,7,9H2,1-3H3,(H,19,21)(H,22,23)/t14-/m1/s1. The fraction of sp³-hybridized carbons (Fsp3) is 0.412. The molecular formula is C17H21N3O4S. The highest BCUT2D eigenvalue weighted by atomic mass is 32.2. The van der Waals surface area contributed by atoms with E-state index in [2.05, 4.69) is 15.5 Å². The zero-order valence-electron chi connectivity index (χ0n) is 14.4. The van der Waals surface area contributed by atoms with Crippen molar-refractivity contribution in [2.24, 2.45) is 5.92 Å². The molecule has 8 heteroatoms. The second kappa shape index (κ2) is 8.66. The van der Waals surface area contributed by atoms with E-state index in [1.165, 1.54) is 11.8 Å². The molecular weight excluding hydrogens is 342 g/mol. The summed E-state index contributed by atoms with van der Waals surface area (Å²) in [4.78, 5) is 28.1. The number of aryl methyl sites for hydroxylation is 1. The van der Waals surface area contributed by atoms with Gasteiger partial charge in [-0.25, -0.2) is 9.78 Å². The minimum absolute atomic E-state index is 0.152. The highest BCUT2D eigenvalue weighted by Crippen LogP contribution is 2.24. The predicted octanol–water partition coefficient (Wildman–Crippen LogP) is 2.90. The van der Waals surface area contributed by atoms with Gasteiger partial charge in [-0.2, -0.15) is 0 Å². The summed E-state index contributed by atoms with van der Waals surface area (Å²) in [5.74, 6) is -0.117. The van der Waals surface area contributed by atoms with Gasteiger partial charge in [0.05, 0.1) is 11.3 Å². The second-order valence-corrected chi connectivity index (χ2v) is 7.03. The van der Waals surface area contributed by atoms with Gasteiger partial charge in [0, 0.05) is 18.0 Å². The molecule has 1 atom stereocenters. The maximum atomic E-state index is 12.5. The molecule has 1 amide bonds. The van der Waals surface area contributed by atoms with Crippen molar-refractivity contribution < 1.29 is 19.2 Å². The highest BCUT2D eigenvalue weighted by molar-refractivity contribution is 7.98. The molecule has 0 saturated heterocycles. The summed E-state index contributed by atoms with van der Waals surface area (Å²) >= 11 is 1.35. The summed E-state index contributed by atoms with van der Waals surface area (Å²) in [6, 6.07) is 4.17. The summed E-state index contributed by atoms with van der Waals surface area (Å²) in [6.45, 7) is 5.63. The summed E-state index contributed by atoms with van der Waals surface area (Å²) in [5.41, 5.74) is 1.10. The van der Waals surface area contributed by atoms with E-state index in [4.69, 9.17) is 4.52 Å². The van der Waals surface area contributed by atoms with E-state index in [1.54, 1.807) is 18.3 Å². The number of hydrogen-bond donors (Lipinski definition) is 2. The average Bonchev–Trinajstić information content (AvgIpc) is 2.97. The molecule has 0 aromatic carbocycles. The maximum absolute atomic E-state index is 12.5. The Morgan fingerprint density at radius 3 is 2.76 bits per heavy atom. The minimum atomic E-state index is -1.04. The number of carbonyl (C=O) groups excluding carboxylic acids is 1.